The number of carboxylic acid groups (broad SMARTS) is 1. The van der Waals surface area contributed by atoms with Gasteiger partial charge in [-0.25, -0.2) is 0 Å². The van der Waals surface area contributed by atoms with Crippen LogP contribution < -0.4 is 0 Å². The molecule has 1 aromatic heterocycles. The zero-order valence-corrected chi connectivity index (χ0v) is 9.37. The van der Waals surface area contributed by atoms with Gasteiger partial charge < -0.3 is 5.11 Å². The van der Waals surface area contributed by atoms with Gasteiger partial charge in [0.1, 0.15) is 5.41 Å². The summed E-state index contributed by atoms with van der Waals surface area (Å²) in [4.78, 5) is 12.3. The topological polar surface area (TPSA) is 37.3 Å². The van der Waals surface area contributed by atoms with E-state index in [1.807, 2.05) is 17.5 Å². The molecule has 0 amide bonds. The molecule has 0 atom stereocenters. The minimum absolute atomic E-state index is 0. The van der Waals surface area contributed by atoms with E-state index in [9.17, 15) is 9.90 Å². The van der Waals surface area contributed by atoms with E-state index in [1.165, 1.54) is 0 Å². The van der Waals surface area contributed by atoms with E-state index in [0.717, 1.165) is 30.6 Å². The highest BCUT2D eigenvalue weighted by atomic mass is 35.5. The van der Waals surface area contributed by atoms with Gasteiger partial charge in [-0.2, -0.15) is 0 Å². The number of halogens is 1. The molecule has 2 rings (SSSR count). The molecule has 4 heteroatoms. The first-order valence-corrected chi connectivity index (χ1v) is 5.41. The Kier molecular flexibility index (Phi) is 3.56. The second-order valence-electron chi connectivity index (χ2n) is 3.57. The Morgan fingerprint density at radius 2 is 2.07 bits per heavy atom. The van der Waals surface area contributed by atoms with E-state index in [2.05, 4.69) is 0 Å². The van der Waals surface area contributed by atoms with Crippen molar-refractivity contribution in [3.8, 4) is 0 Å². The maximum Gasteiger partial charge on any atom is 0.314 e. The van der Waals surface area contributed by atoms with Crippen LogP contribution in [0.5, 0.6) is 0 Å². The lowest BCUT2D eigenvalue weighted by atomic mass is 9.85. The lowest BCUT2D eigenvalue weighted by Crippen LogP contribution is -2.31. The zero-order valence-electron chi connectivity index (χ0n) is 7.73. The van der Waals surface area contributed by atoms with Gasteiger partial charge in [0.15, 0.2) is 0 Å². The standard InChI is InChI=1S/C10H12O2S.ClH/c11-9(12)10(5-1-2-6-10)8-4-3-7-13-8;/h3-4,7H,1-2,5-6H2,(H,11,12);1H. The van der Waals surface area contributed by atoms with Gasteiger partial charge in [0.2, 0.25) is 0 Å². The summed E-state index contributed by atoms with van der Waals surface area (Å²) < 4.78 is 0. The molecule has 1 fully saturated rings. The monoisotopic (exact) mass is 232 g/mol. The lowest BCUT2D eigenvalue weighted by molar-refractivity contribution is -0.143. The molecule has 1 aliphatic carbocycles. The van der Waals surface area contributed by atoms with Gasteiger partial charge in [0, 0.05) is 4.88 Å². The van der Waals surface area contributed by atoms with Gasteiger partial charge in [-0.15, -0.1) is 23.7 Å². The van der Waals surface area contributed by atoms with Gasteiger partial charge in [0.25, 0.3) is 0 Å². The van der Waals surface area contributed by atoms with E-state index in [1.54, 1.807) is 11.3 Å². The summed E-state index contributed by atoms with van der Waals surface area (Å²) in [6, 6.07) is 3.88. The van der Waals surface area contributed by atoms with Crippen molar-refractivity contribution in [2.75, 3.05) is 0 Å². The predicted octanol–water partition coefficient (Wildman–Crippen LogP) is 3.07. The van der Waals surface area contributed by atoms with Gasteiger partial charge in [-0.3, -0.25) is 4.79 Å². The first kappa shape index (κ1) is 11.5. The Balaban J connectivity index is 0.000000980. The molecule has 0 aliphatic heterocycles. The second-order valence-corrected chi connectivity index (χ2v) is 4.52. The molecular weight excluding hydrogens is 220 g/mol. The summed E-state index contributed by atoms with van der Waals surface area (Å²) in [5.41, 5.74) is -0.547. The fourth-order valence-corrected chi connectivity index (χ4v) is 3.07. The molecule has 14 heavy (non-hydrogen) atoms. The van der Waals surface area contributed by atoms with Crippen LogP contribution in [-0.4, -0.2) is 11.1 Å². The summed E-state index contributed by atoms with van der Waals surface area (Å²) >= 11 is 1.57. The van der Waals surface area contributed by atoms with Crippen molar-refractivity contribution in [1.82, 2.24) is 0 Å². The molecule has 78 valence electrons. The van der Waals surface area contributed by atoms with Crippen LogP contribution in [0, 0.1) is 0 Å². The molecule has 0 bridgehead atoms. The van der Waals surface area contributed by atoms with Crippen molar-refractivity contribution in [2.24, 2.45) is 0 Å². The molecule has 1 N–H and O–H groups in total. The van der Waals surface area contributed by atoms with Crippen molar-refractivity contribution in [3.05, 3.63) is 22.4 Å². The third-order valence-corrected chi connectivity index (χ3v) is 3.93. The molecule has 1 aliphatic rings. The first-order valence-electron chi connectivity index (χ1n) is 4.53. The molecule has 1 aromatic rings. The largest absolute Gasteiger partial charge is 0.481 e. The number of carboxylic acids is 1. The number of thiophene rings is 1. The normalized spacial score (nSPS) is 18.9. The molecule has 2 nitrogen and oxygen atoms in total. The van der Waals surface area contributed by atoms with Crippen molar-refractivity contribution < 1.29 is 9.90 Å². The third kappa shape index (κ3) is 1.66. The van der Waals surface area contributed by atoms with Crippen LogP contribution in [0.2, 0.25) is 0 Å². The highest BCUT2D eigenvalue weighted by Crippen LogP contribution is 2.43. The number of hydrogen-bond acceptors (Lipinski definition) is 2. The average molecular weight is 233 g/mol. The maximum atomic E-state index is 11.2. The van der Waals surface area contributed by atoms with Crippen molar-refractivity contribution in [3.63, 3.8) is 0 Å². The minimum Gasteiger partial charge on any atom is -0.481 e. The molecule has 1 saturated carbocycles. The van der Waals surface area contributed by atoms with Crippen molar-refractivity contribution in [2.45, 2.75) is 31.1 Å². The average Bonchev–Trinajstić information content (AvgIpc) is 2.75. The highest BCUT2D eigenvalue weighted by molar-refractivity contribution is 7.10. The van der Waals surface area contributed by atoms with Crippen LogP contribution >= 0.6 is 23.7 Å². The highest BCUT2D eigenvalue weighted by Gasteiger charge is 2.43. The van der Waals surface area contributed by atoms with Crippen LogP contribution in [0.4, 0.5) is 0 Å². The predicted molar refractivity (Wildman–Crippen MR) is 59.3 cm³/mol. The van der Waals surface area contributed by atoms with E-state index >= 15 is 0 Å². The summed E-state index contributed by atoms with van der Waals surface area (Å²) in [5.74, 6) is -0.646. The molecule has 0 radical (unpaired) electrons. The fraction of sp³-hybridized carbons (Fsp3) is 0.500. The lowest BCUT2D eigenvalue weighted by Gasteiger charge is -2.21. The van der Waals surface area contributed by atoms with Gasteiger partial charge >= 0.3 is 5.97 Å². The molecular formula is C10H13ClO2S. The van der Waals surface area contributed by atoms with Gasteiger partial charge in [0.05, 0.1) is 0 Å². The summed E-state index contributed by atoms with van der Waals surface area (Å²) in [6.07, 6.45) is 3.71. The Morgan fingerprint density at radius 1 is 1.43 bits per heavy atom. The maximum absolute atomic E-state index is 11.2. The van der Waals surface area contributed by atoms with Gasteiger partial charge in [-0.1, -0.05) is 18.9 Å². The quantitative estimate of drug-likeness (QED) is 0.851. The van der Waals surface area contributed by atoms with Crippen LogP contribution in [0.25, 0.3) is 0 Å². The fourth-order valence-electron chi connectivity index (χ4n) is 2.10. The molecule has 0 saturated heterocycles. The molecule has 0 spiro atoms. The van der Waals surface area contributed by atoms with E-state index in [-0.39, 0.29) is 12.4 Å². The smallest absolute Gasteiger partial charge is 0.314 e. The van der Waals surface area contributed by atoms with Crippen LogP contribution in [0.1, 0.15) is 30.6 Å². The van der Waals surface area contributed by atoms with Crippen LogP contribution in [0.15, 0.2) is 17.5 Å². The van der Waals surface area contributed by atoms with Crippen LogP contribution in [0.3, 0.4) is 0 Å². The zero-order chi connectivity index (χ0) is 9.31. The molecule has 0 unspecified atom stereocenters. The number of rotatable bonds is 2. The number of aliphatic carboxylic acids is 1. The van der Waals surface area contributed by atoms with Gasteiger partial charge in [-0.05, 0) is 24.3 Å². The summed E-state index contributed by atoms with van der Waals surface area (Å²) in [5, 5.41) is 11.2. The van der Waals surface area contributed by atoms with E-state index in [4.69, 9.17) is 0 Å². The van der Waals surface area contributed by atoms with Crippen molar-refractivity contribution >= 4 is 29.7 Å². The van der Waals surface area contributed by atoms with Crippen molar-refractivity contribution in [1.29, 1.82) is 0 Å². The Labute approximate surface area is 93.4 Å². The number of hydrogen-bond donors (Lipinski definition) is 1. The summed E-state index contributed by atoms with van der Waals surface area (Å²) in [7, 11) is 0. The second kappa shape index (κ2) is 4.32. The summed E-state index contributed by atoms with van der Waals surface area (Å²) in [6.45, 7) is 0. The molecule has 0 aromatic carbocycles. The van der Waals surface area contributed by atoms with Crippen LogP contribution in [-0.2, 0) is 10.2 Å². The Bertz CT molecular complexity index is 302. The minimum atomic E-state index is -0.646. The third-order valence-electron chi connectivity index (χ3n) is 2.86. The first-order chi connectivity index (χ1) is 6.26. The van der Waals surface area contributed by atoms with E-state index < -0.39 is 11.4 Å². The van der Waals surface area contributed by atoms with E-state index in [0.29, 0.717) is 0 Å². The SMILES string of the molecule is Cl.O=C(O)C1(c2cccs2)CCCC1. The Morgan fingerprint density at radius 3 is 2.50 bits per heavy atom. The Hall–Kier alpha value is -0.540. The molecule has 1 heterocycles. The number of carbonyl (C=O) groups is 1.